The van der Waals surface area contributed by atoms with Gasteiger partial charge in [-0.3, -0.25) is 9.59 Å². The molecule has 0 saturated heterocycles. The maximum atomic E-state index is 12.4. The molecule has 1 heterocycles. The Bertz CT molecular complexity index is 1190. The van der Waals surface area contributed by atoms with Gasteiger partial charge in [-0.15, -0.1) is 0 Å². The van der Waals surface area contributed by atoms with E-state index in [1.165, 1.54) is 6.07 Å². The van der Waals surface area contributed by atoms with Crippen molar-refractivity contribution in [2.45, 2.75) is 38.8 Å². The van der Waals surface area contributed by atoms with Gasteiger partial charge in [-0.25, -0.2) is 4.79 Å². The topological polar surface area (TPSA) is 118 Å². The van der Waals surface area contributed by atoms with Crippen LogP contribution in [-0.2, 0) is 16.1 Å². The van der Waals surface area contributed by atoms with E-state index in [2.05, 4.69) is 34.9 Å². The largest absolute Gasteiger partial charge is 0.481 e. The maximum absolute atomic E-state index is 12.4. The second kappa shape index (κ2) is 10.5. The van der Waals surface area contributed by atoms with Crippen molar-refractivity contribution in [1.82, 2.24) is 10.6 Å². The summed E-state index contributed by atoms with van der Waals surface area (Å²) in [7, 11) is 0. The van der Waals surface area contributed by atoms with Crippen LogP contribution in [-0.4, -0.2) is 35.7 Å². The zero-order valence-electron chi connectivity index (χ0n) is 19.6. The number of carboxylic acid groups (broad SMARTS) is 1. The number of fused-ring (bicyclic) bond motifs is 3. The predicted octanol–water partition coefficient (Wildman–Crippen LogP) is 4.55. The average molecular weight is 477 g/mol. The smallest absolute Gasteiger partial charge is 0.407 e. The van der Waals surface area contributed by atoms with Gasteiger partial charge in [0.15, 0.2) is 5.76 Å². The number of carbonyl (C=O) groups excluding carboxylic acids is 2. The van der Waals surface area contributed by atoms with Crippen LogP contribution in [0.1, 0.15) is 53.6 Å². The lowest BCUT2D eigenvalue weighted by Crippen LogP contribution is -2.39. The first-order valence-electron chi connectivity index (χ1n) is 11.5. The Morgan fingerprint density at radius 2 is 1.60 bits per heavy atom. The fourth-order valence-corrected chi connectivity index (χ4v) is 4.28. The zero-order valence-corrected chi connectivity index (χ0v) is 19.6. The Kier molecular flexibility index (Phi) is 7.19. The molecule has 0 unspecified atom stereocenters. The fourth-order valence-electron chi connectivity index (χ4n) is 4.28. The Hall–Kier alpha value is -4.07. The van der Waals surface area contributed by atoms with Crippen LogP contribution in [0.2, 0.25) is 0 Å². The van der Waals surface area contributed by atoms with Crippen molar-refractivity contribution in [2.75, 3.05) is 6.61 Å². The molecule has 3 aromatic rings. The number of aliphatic carboxylic acids is 1. The SMILES string of the molecule is CC(C)[C@H](CC(=O)O)NC(=O)c1ccc(CNC(=O)OCC2c3ccccc3-c3ccccc32)o1. The third-order valence-corrected chi connectivity index (χ3v) is 6.15. The van der Waals surface area contributed by atoms with Gasteiger partial charge >= 0.3 is 12.1 Å². The lowest BCUT2D eigenvalue weighted by molar-refractivity contribution is -0.137. The first kappa shape index (κ1) is 24.1. The summed E-state index contributed by atoms with van der Waals surface area (Å²) in [4.78, 5) is 35.8. The van der Waals surface area contributed by atoms with E-state index in [4.69, 9.17) is 14.3 Å². The van der Waals surface area contributed by atoms with E-state index in [9.17, 15) is 14.4 Å². The van der Waals surface area contributed by atoms with Crippen molar-refractivity contribution >= 4 is 18.0 Å². The number of hydrogen-bond donors (Lipinski definition) is 3. The van der Waals surface area contributed by atoms with Gasteiger partial charge in [0.05, 0.1) is 13.0 Å². The highest BCUT2D eigenvalue weighted by Crippen LogP contribution is 2.44. The Labute approximate surface area is 203 Å². The molecule has 0 spiro atoms. The number of ether oxygens (including phenoxy) is 1. The van der Waals surface area contributed by atoms with Crippen LogP contribution in [0.3, 0.4) is 0 Å². The van der Waals surface area contributed by atoms with Crippen molar-refractivity contribution in [3.8, 4) is 11.1 Å². The van der Waals surface area contributed by atoms with E-state index in [0.29, 0.717) is 5.76 Å². The Morgan fingerprint density at radius 1 is 0.971 bits per heavy atom. The summed E-state index contributed by atoms with van der Waals surface area (Å²) in [6, 6.07) is 18.8. The van der Waals surface area contributed by atoms with Crippen molar-refractivity contribution < 1.29 is 28.6 Å². The zero-order chi connectivity index (χ0) is 24.9. The molecule has 8 heteroatoms. The summed E-state index contributed by atoms with van der Waals surface area (Å²) in [6.45, 7) is 3.91. The van der Waals surface area contributed by atoms with Gasteiger partial charge in [0.2, 0.25) is 0 Å². The van der Waals surface area contributed by atoms with Gasteiger partial charge < -0.3 is 24.9 Å². The normalized spacial score (nSPS) is 13.1. The number of rotatable bonds is 9. The molecule has 182 valence electrons. The standard InChI is InChI=1S/C27H28N2O6/c1-16(2)23(13-25(30)31)29-26(32)24-12-11-17(35-24)14-28-27(33)34-15-22-20-9-5-3-7-18(20)19-8-4-6-10-21(19)22/h3-12,16,22-23H,13-15H2,1-2H3,(H,28,33)(H,29,32)(H,30,31)/t23-/m0/s1. The van der Waals surface area contributed by atoms with Gasteiger partial charge in [0.25, 0.3) is 5.91 Å². The Morgan fingerprint density at radius 3 is 2.20 bits per heavy atom. The van der Waals surface area contributed by atoms with Gasteiger partial charge in [-0.1, -0.05) is 62.4 Å². The second-order valence-electron chi connectivity index (χ2n) is 8.87. The number of hydrogen-bond acceptors (Lipinski definition) is 5. The molecular formula is C27H28N2O6. The van der Waals surface area contributed by atoms with Gasteiger partial charge in [0.1, 0.15) is 12.4 Å². The van der Waals surface area contributed by atoms with Crippen molar-refractivity contribution in [1.29, 1.82) is 0 Å². The van der Waals surface area contributed by atoms with E-state index in [0.717, 1.165) is 22.3 Å². The summed E-state index contributed by atoms with van der Waals surface area (Å²) in [5.74, 6) is -1.16. The summed E-state index contributed by atoms with van der Waals surface area (Å²) in [5.41, 5.74) is 4.57. The lowest BCUT2D eigenvalue weighted by atomic mass is 9.98. The molecule has 4 rings (SSSR count). The van der Waals surface area contributed by atoms with Crippen LogP contribution in [0.25, 0.3) is 11.1 Å². The van der Waals surface area contributed by atoms with Crippen LogP contribution in [0, 0.1) is 5.92 Å². The molecule has 1 aliphatic carbocycles. The van der Waals surface area contributed by atoms with E-state index in [1.54, 1.807) is 6.07 Å². The van der Waals surface area contributed by atoms with Gasteiger partial charge in [0, 0.05) is 12.0 Å². The highest BCUT2D eigenvalue weighted by molar-refractivity contribution is 5.92. The minimum atomic E-state index is -0.989. The summed E-state index contributed by atoms with van der Waals surface area (Å²) in [5, 5.41) is 14.4. The molecule has 1 atom stereocenters. The van der Waals surface area contributed by atoms with E-state index in [-0.39, 0.29) is 37.2 Å². The molecular weight excluding hydrogens is 448 g/mol. The molecule has 1 aromatic heterocycles. The van der Waals surface area contributed by atoms with Crippen molar-refractivity contribution in [3.63, 3.8) is 0 Å². The van der Waals surface area contributed by atoms with Crippen LogP contribution in [0.5, 0.6) is 0 Å². The first-order valence-corrected chi connectivity index (χ1v) is 11.5. The van der Waals surface area contributed by atoms with Crippen LogP contribution >= 0.6 is 0 Å². The molecule has 0 fully saturated rings. The number of amides is 2. The number of benzene rings is 2. The first-order chi connectivity index (χ1) is 16.8. The Balaban J connectivity index is 1.30. The van der Waals surface area contributed by atoms with Gasteiger partial charge in [-0.05, 0) is 40.3 Å². The van der Waals surface area contributed by atoms with Crippen LogP contribution < -0.4 is 10.6 Å². The quantitative estimate of drug-likeness (QED) is 0.417. The number of nitrogens with one attached hydrogen (secondary N) is 2. The summed E-state index contributed by atoms with van der Waals surface area (Å²) in [6.07, 6.45) is -0.768. The number of carboxylic acids is 1. The molecule has 8 nitrogen and oxygen atoms in total. The molecule has 1 aliphatic rings. The summed E-state index contributed by atoms with van der Waals surface area (Å²) < 4.78 is 11.0. The fraction of sp³-hybridized carbons (Fsp3) is 0.296. The number of furan rings is 1. The maximum Gasteiger partial charge on any atom is 0.407 e. The van der Waals surface area contributed by atoms with Crippen LogP contribution in [0.15, 0.2) is 65.1 Å². The second-order valence-corrected chi connectivity index (χ2v) is 8.87. The van der Waals surface area contributed by atoms with E-state index >= 15 is 0 Å². The molecule has 0 bridgehead atoms. The van der Waals surface area contributed by atoms with Gasteiger partial charge in [-0.2, -0.15) is 0 Å². The monoisotopic (exact) mass is 476 g/mol. The molecule has 0 aliphatic heterocycles. The van der Waals surface area contributed by atoms with Crippen LogP contribution in [0.4, 0.5) is 4.79 Å². The van der Waals surface area contributed by atoms with E-state index in [1.807, 2.05) is 38.1 Å². The van der Waals surface area contributed by atoms with E-state index < -0.39 is 24.0 Å². The van der Waals surface area contributed by atoms with Crippen molar-refractivity contribution in [3.05, 3.63) is 83.3 Å². The molecule has 3 N–H and O–H groups in total. The number of carbonyl (C=O) groups is 3. The van der Waals surface area contributed by atoms with Crippen molar-refractivity contribution in [2.24, 2.45) is 5.92 Å². The lowest BCUT2D eigenvalue weighted by Gasteiger charge is -2.19. The summed E-state index contributed by atoms with van der Waals surface area (Å²) >= 11 is 0. The molecule has 2 aromatic carbocycles. The predicted molar refractivity (Wildman–Crippen MR) is 129 cm³/mol. The number of alkyl carbamates (subject to hydrolysis) is 1. The average Bonchev–Trinajstić information content (AvgIpc) is 3.44. The third-order valence-electron chi connectivity index (χ3n) is 6.15. The molecule has 0 radical (unpaired) electrons. The molecule has 0 saturated carbocycles. The minimum absolute atomic E-state index is 0.0354. The molecule has 2 amide bonds. The highest BCUT2D eigenvalue weighted by Gasteiger charge is 2.29. The third kappa shape index (κ3) is 5.54. The molecule has 35 heavy (non-hydrogen) atoms. The minimum Gasteiger partial charge on any atom is -0.481 e. The highest BCUT2D eigenvalue weighted by atomic mass is 16.5.